The molecule has 50 valence electrons. The Morgan fingerprint density at radius 2 is 2.22 bits per heavy atom. The first-order chi connectivity index (χ1) is 4.20. The minimum atomic E-state index is -0.000432. The zero-order valence-corrected chi connectivity index (χ0v) is 6.92. The molecule has 0 spiro atoms. The van der Waals surface area contributed by atoms with Crippen molar-refractivity contribution in [1.29, 1.82) is 0 Å². The molecule has 0 aromatic rings. The highest BCUT2D eigenvalue weighted by atomic mass is 31.1. The van der Waals surface area contributed by atoms with Gasteiger partial charge in [0.2, 0.25) is 0 Å². The van der Waals surface area contributed by atoms with Gasteiger partial charge in [-0.3, -0.25) is 0 Å². The van der Waals surface area contributed by atoms with Gasteiger partial charge in [0, 0.05) is 6.00 Å². The molecule has 1 fully saturated rings. The Morgan fingerprint density at radius 3 is 2.67 bits per heavy atom. The molecule has 1 rings (SSSR count). The van der Waals surface area contributed by atoms with Crippen LogP contribution in [0.15, 0.2) is 0 Å². The van der Waals surface area contributed by atoms with Crippen molar-refractivity contribution in [3.05, 3.63) is 0 Å². The number of rotatable bonds is 0. The van der Waals surface area contributed by atoms with Crippen LogP contribution in [-0.4, -0.2) is 31.8 Å². The highest BCUT2D eigenvalue weighted by Crippen LogP contribution is 2.32. The van der Waals surface area contributed by atoms with Gasteiger partial charge < -0.3 is 4.74 Å². The molecular weight excluding hydrogens is 130 g/mol. The van der Waals surface area contributed by atoms with Crippen molar-refractivity contribution in [2.24, 2.45) is 0 Å². The first-order valence-electron chi connectivity index (χ1n) is 3.33. The zero-order chi connectivity index (χ0) is 6.85. The van der Waals surface area contributed by atoms with Crippen molar-refractivity contribution in [2.75, 3.05) is 6.61 Å². The van der Waals surface area contributed by atoms with Crippen molar-refractivity contribution in [1.82, 2.24) is 0 Å². The van der Waals surface area contributed by atoms with Crippen LogP contribution in [0.2, 0.25) is 0 Å². The lowest BCUT2D eigenvalue weighted by Gasteiger charge is -2.30. The average Bonchev–Trinajstić information content (AvgIpc) is 1.80. The smallest absolute Gasteiger partial charge is 0.109 e. The van der Waals surface area contributed by atoms with Crippen LogP contribution in [-0.2, 0) is 4.74 Å². The summed E-state index contributed by atoms with van der Waals surface area (Å²) in [6.45, 7) is 5.21. The van der Waals surface area contributed by atoms with E-state index in [0.717, 1.165) is 20.8 Å². The standard InChI is InChI=1S/C6H12BOP/c1-4-3-8-6(7)5(2)9-4/h4-6,9H,3H2,1-2H3/t4-,5-,6?/m1/s1. The third kappa shape index (κ3) is 1.95. The topological polar surface area (TPSA) is 9.23 Å². The van der Waals surface area contributed by atoms with E-state index in [0.29, 0.717) is 5.66 Å². The molecule has 0 bridgehead atoms. The molecular formula is C6H12BOP. The number of hydrogen-bond donors (Lipinski definition) is 0. The Bertz CT molecular complexity index is 99.1. The highest BCUT2D eigenvalue weighted by molar-refractivity contribution is 7.40. The van der Waals surface area contributed by atoms with Crippen LogP contribution in [0.5, 0.6) is 0 Å². The fourth-order valence-electron chi connectivity index (χ4n) is 0.992. The van der Waals surface area contributed by atoms with Gasteiger partial charge >= 0.3 is 0 Å². The fraction of sp³-hybridized carbons (Fsp3) is 1.00. The molecule has 0 aromatic heterocycles. The third-order valence-electron chi connectivity index (χ3n) is 1.58. The van der Waals surface area contributed by atoms with Gasteiger partial charge in [-0.05, 0) is 11.3 Å². The van der Waals surface area contributed by atoms with E-state index < -0.39 is 0 Å². The van der Waals surface area contributed by atoms with E-state index in [4.69, 9.17) is 12.6 Å². The van der Waals surface area contributed by atoms with E-state index in [-0.39, 0.29) is 6.00 Å². The minimum Gasteiger partial charge on any atom is -0.387 e. The Morgan fingerprint density at radius 1 is 1.56 bits per heavy atom. The molecule has 0 saturated carbocycles. The molecule has 0 aromatic carbocycles. The lowest BCUT2D eigenvalue weighted by atomic mass is 9.97. The monoisotopic (exact) mass is 142 g/mol. The van der Waals surface area contributed by atoms with Gasteiger partial charge in [0.15, 0.2) is 0 Å². The van der Waals surface area contributed by atoms with Crippen LogP contribution in [0.4, 0.5) is 0 Å². The molecule has 4 atom stereocenters. The van der Waals surface area contributed by atoms with Gasteiger partial charge in [0.25, 0.3) is 0 Å². The summed E-state index contributed by atoms with van der Waals surface area (Å²) in [5.74, 6) is 0. The summed E-state index contributed by atoms with van der Waals surface area (Å²) in [4.78, 5) is 0. The minimum absolute atomic E-state index is 0.000432. The molecule has 1 saturated heterocycles. The van der Waals surface area contributed by atoms with Gasteiger partial charge in [-0.2, -0.15) is 0 Å². The summed E-state index contributed by atoms with van der Waals surface area (Å²) < 4.78 is 5.29. The van der Waals surface area contributed by atoms with Gasteiger partial charge in [0.05, 0.1) is 6.61 Å². The van der Waals surface area contributed by atoms with E-state index in [9.17, 15) is 0 Å². The maximum Gasteiger partial charge on any atom is 0.109 e. The van der Waals surface area contributed by atoms with E-state index in [2.05, 4.69) is 13.8 Å². The van der Waals surface area contributed by atoms with Crippen LogP contribution < -0.4 is 0 Å². The molecule has 2 radical (unpaired) electrons. The van der Waals surface area contributed by atoms with Gasteiger partial charge in [-0.1, -0.05) is 13.8 Å². The number of ether oxygens (including phenoxy) is 1. The second-order valence-corrected chi connectivity index (χ2v) is 4.88. The molecule has 1 heterocycles. The summed E-state index contributed by atoms with van der Waals surface area (Å²) >= 11 is 0. The summed E-state index contributed by atoms with van der Waals surface area (Å²) in [7, 11) is 6.60. The van der Waals surface area contributed by atoms with Crippen LogP contribution in [0.1, 0.15) is 13.8 Å². The molecule has 3 heteroatoms. The van der Waals surface area contributed by atoms with Gasteiger partial charge in [-0.15, -0.1) is 8.58 Å². The molecule has 1 aliphatic rings. The Kier molecular flexibility index (Phi) is 2.54. The Balaban J connectivity index is 2.35. The van der Waals surface area contributed by atoms with E-state index in [1.54, 1.807) is 0 Å². The fourth-order valence-corrected chi connectivity index (χ4v) is 2.37. The number of hydrogen-bond acceptors (Lipinski definition) is 1. The molecule has 2 unspecified atom stereocenters. The first kappa shape index (κ1) is 7.56. The van der Waals surface area contributed by atoms with Crippen molar-refractivity contribution in [3.8, 4) is 0 Å². The van der Waals surface area contributed by atoms with E-state index >= 15 is 0 Å². The molecule has 0 N–H and O–H groups in total. The molecule has 1 aliphatic heterocycles. The third-order valence-corrected chi connectivity index (χ3v) is 3.17. The van der Waals surface area contributed by atoms with Crippen LogP contribution in [0.3, 0.4) is 0 Å². The maximum atomic E-state index is 5.63. The lowest BCUT2D eigenvalue weighted by molar-refractivity contribution is 0.100. The Labute approximate surface area is 59.7 Å². The van der Waals surface area contributed by atoms with Crippen molar-refractivity contribution < 1.29 is 4.74 Å². The van der Waals surface area contributed by atoms with Crippen LogP contribution >= 0.6 is 8.58 Å². The predicted molar refractivity (Wildman–Crippen MR) is 42.7 cm³/mol. The van der Waals surface area contributed by atoms with Gasteiger partial charge in [-0.25, -0.2) is 0 Å². The summed E-state index contributed by atoms with van der Waals surface area (Å²) in [6.07, 6.45) is 0. The summed E-state index contributed by atoms with van der Waals surface area (Å²) in [5.41, 5.74) is 1.29. The highest BCUT2D eigenvalue weighted by Gasteiger charge is 2.21. The van der Waals surface area contributed by atoms with E-state index in [1.165, 1.54) is 0 Å². The van der Waals surface area contributed by atoms with Crippen molar-refractivity contribution in [2.45, 2.75) is 31.2 Å². The normalized spacial score (nSPS) is 47.6. The quantitative estimate of drug-likeness (QED) is 0.361. The largest absolute Gasteiger partial charge is 0.387 e. The SMILES string of the molecule is [B]C1OC[C@@H](C)P[C@@H]1C. The molecule has 0 aliphatic carbocycles. The van der Waals surface area contributed by atoms with Crippen LogP contribution in [0.25, 0.3) is 0 Å². The zero-order valence-electron chi connectivity index (χ0n) is 5.92. The molecule has 1 nitrogen and oxygen atoms in total. The first-order valence-corrected chi connectivity index (χ1v) is 4.49. The molecule has 0 amide bonds. The van der Waals surface area contributed by atoms with Gasteiger partial charge in [0.1, 0.15) is 7.85 Å². The second kappa shape index (κ2) is 3.03. The Hall–Kier alpha value is 0.455. The maximum absolute atomic E-state index is 5.63. The average molecular weight is 142 g/mol. The molecule has 9 heavy (non-hydrogen) atoms. The van der Waals surface area contributed by atoms with Crippen LogP contribution in [0, 0.1) is 0 Å². The van der Waals surface area contributed by atoms with E-state index in [1.807, 2.05) is 0 Å². The van der Waals surface area contributed by atoms with Crippen molar-refractivity contribution >= 4 is 16.4 Å². The predicted octanol–water partition coefficient (Wildman–Crippen LogP) is 0.967. The summed E-state index contributed by atoms with van der Waals surface area (Å²) in [5, 5.41) is 0. The summed E-state index contributed by atoms with van der Waals surface area (Å²) in [6, 6.07) is -0.000432. The van der Waals surface area contributed by atoms with Crippen molar-refractivity contribution in [3.63, 3.8) is 0 Å². The lowest BCUT2D eigenvalue weighted by Crippen LogP contribution is -2.32. The second-order valence-electron chi connectivity index (χ2n) is 2.65.